The van der Waals surface area contributed by atoms with Crippen molar-refractivity contribution in [1.29, 1.82) is 0 Å². The molecule has 0 spiro atoms. The summed E-state index contributed by atoms with van der Waals surface area (Å²) in [6.07, 6.45) is 0. The number of hydrogen-bond donors (Lipinski definition) is 3. The van der Waals surface area contributed by atoms with Crippen molar-refractivity contribution in [2.24, 2.45) is 0 Å². The number of carbonyl (C=O) groups is 2. The topological polar surface area (TPSA) is 125 Å². The molecular weight excluding hydrogens is 374 g/mol. The molecule has 0 radical (unpaired) electrons. The molecule has 3 N–H and O–H groups in total. The zero-order chi connectivity index (χ0) is 17.9. The van der Waals surface area contributed by atoms with Crippen LogP contribution in [0.2, 0.25) is 0 Å². The summed E-state index contributed by atoms with van der Waals surface area (Å²) in [6.45, 7) is 2.81. The van der Waals surface area contributed by atoms with E-state index in [1.165, 1.54) is 6.07 Å². The van der Waals surface area contributed by atoms with Crippen molar-refractivity contribution in [3.8, 4) is 0 Å². The smallest absolute Gasteiger partial charge is 0.347 e. The Morgan fingerprint density at radius 1 is 1.42 bits per heavy atom. The Morgan fingerprint density at radius 3 is 2.67 bits per heavy atom. The lowest BCUT2D eigenvalue weighted by atomic mass is 10.3. The second-order valence-corrected chi connectivity index (χ2v) is 8.79. The minimum Gasteiger partial charge on any atom is -0.477 e. The quantitative estimate of drug-likeness (QED) is 0.657. The largest absolute Gasteiger partial charge is 0.477 e. The Bertz CT molecular complexity index is 842. The molecule has 8 nitrogen and oxygen atoms in total. The summed E-state index contributed by atoms with van der Waals surface area (Å²) in [5.74, 6) is -1.61. The Kier molecular flexibility index (Phi) is 5.70. The average molecular weight is 389 g/mol. The Hall–Kier alpha value is -1.82. The van der Waals surface area contributed by atoms with E-state index >= 15 is 0 Å². The van der Waals surface area contributed by atoms with Crippen molar-refractivity contribution in [3.63, 3.8) is 0 Å². The highest BCUT2D eigenvalue weighted by atomic mass is 32.2. The van der Waals surface area contributed by atoms with E-state index in [4.69, 9.17) is 5.11 Å². The molecule has 2 rings (SSSR count). The normalized spacial score (nSPS) is 12.8. The van der Waals surface area contributed by atoms with Gasteiger partial charge < -0.3 is 10.4 Å². The van der Waals surface area contributed by atoms with E-state index in [1.54, 1.807) is 25.3 Å². The first-order chi connectivity index (χ1) is 11.2. The van der Waals surface area contributed by atoms with E-state index in [0.29, 0.717) is 10.7 Å². The molecule has 0 aliphatic heterocycles. The van der Waals surface area contributed by atoms with Crippen LogP contribution in [0.4, 0.5) is 0 Å². The maximum atomic E-state index is 11.9. The molecular formula is C13H15N3O5S3. The standard InChI is InChI=1S/C13H15N3O5S3/c1-7-11(13(18)19)23-12(16-7)8(2)15-9(17)6-14-24(20,21)10-4-3-5-22-10/h3-5,8,14H,6H2,1-2H3,(H,15,17)(H,18,19). The van der Waals surface area contributed by atoms with Gasteiger partial charge in [0.05, 0.1) is 18.3 Å². The average Bonchev–Trinajstić information content (AvgIpc) is 3.14. The monoisotopic (exact) mass is 389 g/mol. The molecule has 11 heteroatoms. The minimum absolute atomic E-state index is 0.115. The highest BCUT2D eigenvalue weighted by Crippen LogP contribution is 2.23. The van der Waals surface area contributed by atoms with Gasteiger partial charge in [-0.2, -0.15) is 0 Å². The zero-order valence-electron chi connectivity index (χ0n) is 12.8. The lowest BCUT2D eigenvalue weighted by molar-refractivity contribution is -0.120. The minimum atomic E-state index is -3.71. The van der Waals surface area contributed by atoms with Crippen molar-refractivity contribution in [3.05, 3.63) is 33.1 Å². The molecule has 130 valence electrons. The summed E-state index contributed by atoms with van der Waals surface area (Å²) in [5, 5.41) is 13.7. The van der Waals surface area contributed by atoms with Gasteiger partial charge in [0.25, 0.3) is 10.0 Å². The molecule has 2 heterocycles. The lowest BCUT2D eigenvalue weighted by Crippen LogP contribution is -2.37. The maximum Gasteiger partial charge on any atom is 0.347 e. The molecule has 2 aromatic rings. The summed E-state index contributed by atoms with van der Waals surface area (Å²) < 4.78 is 26.2. The van der Waals surface area contributed by atoms with Gasteiger partial charge in [0.1, 0.15) is 14.1 Å². The van der Waals surface area contributed by atoms with Crippen LogP contribution in [0.1, 0.15) is 33.3 Å². The fourth-order valence-electron chi connectivity index (χ4n) is 1.80. The summed E-state index contributed by atoms with van der Waals surface area (Å²) >= 11 is 2.03. The summed E-state index contributed by atoms with van der Waals surface area (Å²) in [7, 11) is -3.71. The molecule has 24 heavy (non-hydrogen) atoms. The van der Waals surface area contributed by atoms with Crippen LogP contribution in [-0.4, -0.2) is 36.9 Å². The van der Waals surface area contributed by atoms with Crippen molar-refractivity contribution in [2.75, 3.05) is 6.54 Å². The molecule has 1 atom stereocenters. The second kappa shape index (κ2) is 7.38. The molecule has 1 amide bonds. The third kappa shape index (κ3) is 4.38. The SMILES string of the molecule is Cc1nc(C(C)NC(=O)CNS(=O)(=O)c2cccs2)sc1C(=O)O. The van der Waals surface area contributed by atoms with E-state index in [0.717, 1.165) is 22.7 Å². The van der Waals surface area contributed by atoms with Gasteiger partial charge in [-0.25, -0.2) is 22.9 Å². The maximum absolute atomic E-state index is 11.9. The number of amides is 1. The molecule has 0 bridgehead atoms. The summed E-state index contributed by atoms with van der Waals surface area (Å²) in [5.41, 5.74) is 0.377. The molecule has 0 aliphatic rings. The van der Waals surface area contributed by atoms with Crippen LogP contribution < -0.4 is 10.0 Å². The van der Waals surface area contributed by atoms with E-state index in [2.05, 4.69) is 15.0 Å². The van der Waals surface area contributed by atoms with Crippen molar-refractivity contribution in [2.45, 2.75) is 24.1 Å². The second-order valence-electron chi connectivity index (χ2n) is 4.82. The molecule has 2 aromatic heterocycles. The number of nitrogens with zero attached hydrogens (tertiary/aromatic N) is 1. The van der Waals surface area contributed by atoms with E-state index in [-0.39, 0.29) is 9.09 Å². The van der Waals surface area contributed by atoms with Gasteiger partial charge >= 0.3 is 5.97 Å². The van der Waals surface area contributed by atoms with Crippen LogP contribution >= 0.6 is 22.7 Å². The molecule has 0 saturated carbocycles. The third-order valence-corrected chi connectivity index (χ3v) is 7.06. The van der Waals surface area contributed by atoms with Gasteiger partial charge in [0.15, 0.2) is 0 Å². The number of aryl methyl sites for hydroxylation is 1. The number of thiazole rings is 1. The first-order valence-corrected chi connectivity index (χ1v) is 9.92. The van der Waals surface area contributed by atoms with Crippen LogP contribution in [-0.2, 0) is 14.8 Å². The lowest BCUT2D eigenvalue weighted by Gasteiger charge is -2.11. The summed E-state index contributed by atoms with van der Waals surface area (Å²) in [6, 6.07) is 2.52. The first-order valence-electron chi connectivity index (χ1n) is 6.74. The van der Waals surface area contributed by atoms with Crippen molar-refractivity contribution in [1.82, 2.24) is 15.0 Å². The number of aromatic nitrogens is 1. The van der Waals surface area contributed by atoms with E-state index in [9.17, 15) is 18.0 Å². The number of sulfonamides is 1. The molecule has 0 aromatic carbocycles. The molecule has 0 saturated heterocycles. The Labute approximate surface area is 146 Å². The van der Waals surface area contributed by atoms with Crippen LogP contribution in [0.5, 0.6) is 0 Å². The fraction of sp³-hybridized carbons (Fsp3) is 0.308. The number of hydrogen-bond acceptors (Lipinski definition) is 7. The van der Waals surface area contributed by atoms with Crippen molar-refractivity contribution < 1.29 is 23.1 Å². The molecule has 0 fully saturated rings. The van der Waals surface area contributed by atoms with E-state index in [1.807, 2.05) is 0 Å². The third-order valence-electron chi connectivity index (χ3n) is 2.94. The number of thiophene rings is 1. The van der Waals surface area contributed by atoms with Crippen LogP contribution in [0, 0.1) is 6.92 Å². The van der Waals surface area contributed by atoms with Crippen LogP contribution in [0.15, 0.2) is 21.7 Å². The van der Waals surface area contributed by atoms with Gasteiger partial charge in [-0.3, -0.25) is 4.79 Å². The fourth-order valence-corrected chi connectivity index (χ4v) is 4.73. The zero-order valence-corrected chi connectivity index (χ0v) is 15.2. The summed E-state index contributed by atoms with van der Waals surface area (Å²) in [4.78, 5) is 27.1. The van der Waals surface area contributed by atoms with Gasteiger partial charge in [-0.05, 0) is 25.3 Å². The number of carboxylic acid groups (broad SMARTS) is 1. The first kappa shape index (κ1) is 18.5. The van der Waals surface area contributed by atoms with E-state index < -0.39 is 34.5 Å². The van der Waals surface area contributed by atoms with Gasteiger partial charge in [0, 0.05) is 0 Å². The van der Waals surface area contributed by atoms with Gasteiger partial charge in [-0.1, -0.05) is 6.07 Å². The predicted octanol–water partition coefficient (Wildman–Crippen LogP) is 1.37. The number of nitrogens with one attached hydrogen (secondary N) is 2. The number of aromatic carboxylic acids is 1. The Morgan fingerprint density at radius 2 is 2.12 bits per heavy atom. The van der Waals surface area contributed by atoms with Crippen LogP contribution in [0.25, 0.3) is 0 Å². The number of rotatable bonds is 7. The number of carboxylic acids is 1. The van der Waals surface area contributed by atoms with Gasteiger partial charge in [-0.15, -0.1) is 22.7 Å². The Balaban J connectivity index is 1.95. The highest BCUT2D eigenvalue weighted by Gasteiger charge is 2.20. The van der Waals surface area contributed by atoms with Gasteiger partial charge in [0.2, 0.25) is 5.91 Å². The predicted molar refractivity (Wildman–Crippen MR) is 89.9 cm³/mol. The van der Waals surface area contributed by atoms with Crippen molar-refractivity contribution >= 4 is 44.6 Å². The van der Waals surface area contributed by atoms with Crippen LogP contribution in [0.3, 0.4) is 0 Å². The highest BCUT2D eigenvalue weighted by molar-refractivity contribution is 7.91. The molecule has 1 unspecified atom stereocenters. The number of carbonyl (C=O) groups excluding carboxylic acids is 1. The molecule has 0 aliphatic carbocycles.